The summed E-state index contributed by atoms with van der Waals surface area (Å²) in [7, 11) is 0. The lowest BCUT2D eigenvalue weighted by atomic mass is 9.96. The third kappa shape index (κ3) is 5.38. The molecule has 1 saturated heterocycles. The Hall–Kier alpha value is -2.80. The maximum Gasteiger partial charge on any atom is 0.320 e. The molecule has 7 heteroatoms. The van der Waals surface area contributed by atoms with Gasteiger partial charge in [0.05, 0.1) is 36.5 Å². The van der Waals surface area contributed by atoms with Crippen LogP contribution in [0.3, 0.4) is 0 Å². The molecule has 0 unspecified atom stereocenters. The second-order valence-electron chi connectivity index (χ2n) is 7.61. The highest BCUT2D eigenvalue weighted by Gasteiger charge is 2.16. The summed E-state index contributed by atoms with van der Waals surface area (Å²) in [5.74, 6) is 0.547. The molecule has 0 spiro atoms. The van der Waals surface area contributed by atoms with Gasteiger partial charge >= 0.3 is 6.03 Å². The number of benzene rings is 1. The van der Waals surface area contributed by atoms with Crippen LogP contribution in [0.15, 0.2) is 42.6 Å². The van der Waals surface area contributed by atoms with Crippen molar-refractivity contribution in [3.05, 3.63) is 42.6 Å². The largest absolute Gasteiger partial charge is 0.378 e. The Kier molecular flexibility index (Phi) is 6.46. The van der Waals surface area contributed by atoms with Crippen molar-refractivity contribution in [3.63, 3.8) is 0 Å². The molecule has 1 aromatic heterocycles. The number of morpholine rings is 1. The van der Waals surface area contributed by atoms with E-state index in [4.69, 9.17) is 4.74 Å². The number of carbonyl (C=O) groups is 1. The fraction of sp³-hybridized carbons (Fsp3) is 0.455. The van der Waals surface area contributed by atoms with E-state index in [9.17, 15) is 4.79 Å². The van der Waals surface area contributed by atoms with Gasteiger partial charge in [-0.2, -0.15) is 0 Å². The van der Waals surface area contributed by atoms with Gasteiger partial charge in [0.15, 0.2) is 0 Å². The molecule has 2 aromatic rings. The molecule has 29 heavy (non-hydrogen) atoms. The zero-order valence-electron chi connectivity index (χ0n) is 16.7. The van der Waals surface area contributed by atoms with Crippen LogP contribution in [0.25, 0.3) is 0 Å². The summed E-state index contributed by atoms with van der Waals surface area (Å²) in [6, 6.07) is 12.1. The summed E-state index contributed by atoms with van der Waals surface area (Å²) < 4.78 is 5.46. The fourth-order valence-corrected chi connectivity index (χ4v) is 3.94. The number of urea groups is 1. The molecule has 1 saturated carbocycles. The highest BCUT2D eigenvalue weighted by Crippen LogP contribution is 2.29. The number of para-hydroxylation sites is 2. The van der Waals surface area contributed by atoms with Gasteiger partial charge in [-0.25, -0.2) is 9.78 Å². The van der Waals surface area contributed by atoms with E-state index in [0.717, 1.165) is 56.2 Å². The summed E-state index contributed by atoms with van der Waals surface area (Å²) in [4.78, 5) is 18.9. The van der Waals surface area contributed by atoms with Crippen molar-refractivity contribution >= 4 is 28.9 Å². The van der Waals surface area contributed by atoms with Crippen molar-refractivity contribution in [2.75, 3.05) is 41.8 Å². The Morgan fingerprint density at radius 2 is 1.83 bits per heavy atom. The van der Waals surface area contributed by atoms with Crippen LogP contribution >= 0.6 is 0 Å². The minimum atomic E-state index is -0.178. The Morgan fingerprint density at radius 3 is 2.59 bits per heavy atom. The van der Waals surface area contributed by atoms with Gasteiger partial charge in [0.2, 0.25) is 0 Å². The fourth-order valence-electron chi connectivity index (χ4n) is 3.94. The van der Waals surface area contributed by atoms with E-state index in [1.165, 1.54) is 19.3 Å². The topological polar surface area (TPSA) is 78.5 Å². The number of pyridine rings is 1. The van der Waals surface area contributed by atoms with Gasteiger partial charge in [-0.15, -0.1) is 0 Å². The van der Waals surface area contributed by atoms with Crippen molar-refractivity contribution in [2.24, 2.45) is 0 Å². The molecule has 7 nitrogen and oxygen atoms in total. The molecule has 0 atom stereocenters. The predicted octanol–water partition coefficient (Wildman–Crippen LogP) is 4.12. The molecule has 154 valence electrons. The Labute approximate surface area is 171 Å². The minimum Gasteiger partial charge on any atom is -0.378 e. The summed E-state index contributed by atoms with van der Waals surface area (Å²) >= 11 is 0. The first kappa shape index (κ1) is 19.5. The van der Waals surface area contributed by atoms with Crippen molar-refractivity contribution in [1.29, 1.82) is 0 Å². The lowest BCUT2D eigenvalue weighted by Crippen LogP contribution is -2.39. The molecule has 1 aromatic carbocycles. The van der Waals surface area contributed by atoms with Crippen LogP contribution in [0.5, 0.6) is 0 Å². The lowest BCUT2D eigenvalue weighted by molar-refractivity contribution is 0.123. The van der Waals surface area contributed by atoms with Crippen LogP contribution in [-0.2, 0) is 4.74 Å². The normalized spacial score (nSPS) is 17.6. The SMILES string of the molecule is O=C(Nc1ccc(Nc2ccccc2N2CCOCC2)cn1)NC1CCCCC1. The monoisotopic (exact) mass is 395 g/mol. The van der Waals surface area contributed by atoms with E-state index in [0.29, 0.717) is 5.82 Å². The number of anilines is 4. The molecule has 2 amide bonds. The number of aromatic nitrogens is 1. The van der Waals surface area contributed by atoms with Crippen molar-refractivity contribution < 1.29 is 9.53 Å². The first-order valence-electron chi connectivity index (χ1n) is 10.5. The smallest absolute Gasteiger partial charge is 0.320 e. The molecule has 1 aliphatic carbocycles. The van der Waals surface area contributed by atoms with E-state index in [2.05, 4.69) is 38.0 Å². The maximum atomic E-state index is 12.2. The predicted molar refractivity (Wildman–Crippen MR) is 116 cm³/mol. The van der Waals surface area contributed by atoms with E-state index >= 15 is 0 Å². The molecule has 0 radical (unpaired) electrons. The molecule has 4 rings (SSSR count). The van der Waals surface area contributed by atoms with Crippen LogP contribution < -0.4 is 20.9 Å². The Morgan fingerprint density at radius 1 is 1.03 bits per heavy atom. The number of rotatable bonds is 5. The van der Waals surface area contributed by atoms with Crippen LogP contribution in [0.1, 0.15) is 32.1 Å². The minimum absolute atomic E-state index is 0.178. The van der Waals surface area contributed by atoms with Crippen LogP contribution in [0.4, 0.5) is 27.7 Å². The van der Waals surface area contributed by atoms with Gasteiger partial charge in [-0.3, -0.25) is 5.32 Å². The van der Waals surface area contributed by atoms with Gasteiger partial charge in [0.1, 0.15) is 5.82 Å². The molecule has 2 aliphatic rings. The van der Waals surface area contributed by atoms with E-state index in [1.54, 1.807) is 6.20 Å². The van der Waals surface area contributed by atoms with Crippen molar-refractivity contribution in [3.8, 4) is 0 Å². The van der Waals surface area contributed by atoms with Crippen molar-refractivity contribution in [2.45, 2.75) is 38.1 Å². The molecule has 3 N–H and O–H groups in total. The number of ether oxygens (including phenoxy) is 1. The average molecular weight is 396 g/mol. The average Bonchev–Trinajstić information content (AvgIpc) is 2.77. The molecular formula is C22H29N5O2. The molecule has 1 aliphatic heterocycles. The second kappa shape index (κ2) is 9.60. The number of nitrogens with one attached hydrogen (secondary N) is 3. The molecule has 0 bridgehead atoms. The summed E-state index contributed by atoms with van der Waals surface area (Å²) in [6.07, 6.45) is 7.51. The Balaban J connectivity index is 1.35. The van der Waals surface area contributed by atoms with Gasteiger partial charge < -0.3 is 20.3 Å². The summed E-state index contributed by atoms with van der Waals surface area (Å²) in [6.45, 7) is 3.27. The standard InChI is InChI=1S/C22H29N5O2/c28-22(25-17-6-2-1-3-7-17)26-21-11-10-18(16-23-21)24-19-8-4-5-9-20(19)27-12-14-29-15-13-27/h4-5,8-11,16-17,24H,1-3,6-7,12-15H2,(H2,23,25,26,28). The van der Waals surface area contributed by atoms with Gasteiger partial charge in [0, 0.05) is 19.1 Å². The zero-order chi connectivity index (χ0) is 19.9. The molecule has 2 heterocycles. The first-order valence-corrected chi connectivity index (χ1v) is 10.5. The number of amides is 2. The van der Waals surface area contributed by atoms with Gasteiger partial charge in [0.25, 0.3) is 0 Å². The van der Waals surface area contributed by atoms with Crippen LogP contribution in [0.2, 0.25) is 0 Å². The van der Waals surface area contributed by atoms with E-state index < -0.39 is 0 Å². The van der Waals surface area contributed by atoms with Crippen molar-refractivity contribution in [1.82, 2.24) is 10.3 Å². The number of nitrogens with zero attached hydrogens (tertiary/aromatic N) is 2. The van der Waals surface area contributed by atoms with E-state index in [-0.39, 0.29) is 12.1 Å². The van der Waals surface area contributed by atoms with Gasteiger partial charge in [-0.1, -0.05) is 31.4 Å². The highest BCUT2D eigenvalue weighted by molar-refractivity contribution is 5.88. The third-order valence-electron chi connectivity index (χ3n) is 5.48. The number of carbonyl (C=O) groups excluding carboxylic acids is 1. The number of hydrogen-bond donors (Lipinski definition) is 3. The summed E-state index contributed by atoms with van der Waals surface area (Å²) in [5, 5.41) is 9.32. The third-order valence-corrected chi connectivity index (χ3v) is 5.48. The van der Waals surface area contributed by atoms with Crippen LogP contribution in [-0.4, -0.2) is 43.4 Å². The zero-order valence-corrected chi connectivity index (χ0v) is 16.7. The number of hydrogen-bond acceptors (Lipinski definition) is 5. The molecule has 2 fully saturated rings. The molecular weight excluding hydrogens is 366 g/mol. The first-order chi connectivity index (χ1) is 14.3. The Bertz CT molecular complexity index is 799. The van der Waals surface area contributed by atoms with Gasteiger partial charge in [-0.05, 0) is 37.1 Å². The van der Waals surface area contributed by atoms with Crippen LogP contribution in [0, 0.1) is 0 Å². The second-order valence-corrected chi connectivity index (χ2v) is 7.61. The quantitative estimate of drug-likeness (QED) is 0.710. The summed E-state index contributed by atoms with van der Waals surface area (Å²) in [5.41, 5.74) is 3.07. The highest BCUT2D eigenvalue weighted by atomic mass is 16.5. The lowest BCUT2D eigenvalue weighted by Gasteiger charge is -2.30. The van der Waals surface area contributed by atoms with E-state index in [1.807, 2.05) is 24.3 Å². The maximum absolute atomic E-state index is 12.2.